The number of hydrogen-bond acceptors (Lipinski definition) is 5. The quantitative estimate of drug-likeness (QED) is 0.869. The Morgan fingerprint density at radius 1 is 1.48 bits per heavy atom. The van der Waals surface area contributed by atoms with Crippen LogP contribution in [0.15, 0.2) is 24.4 Å². The monoisotopic (exact) mass is 287 g/mol. The van der Waals surface area contributed by atoms with Crippen molar-refractivity contribution in [1.82, 2.24) is 15.4 Å². The van der Waals surface area contributed by atoms with Gasteiger partial charge in [-0.2, -0.15) is 20.7 Å². The Morgan fingerprint density at radius 2 is 2.33 bits per heavy atom. The summed E-state index contributed by atoms with van der Waals surface area (Å²) < 4.78 is 13.7. The third-order valence-corrected chi connectivity index (χ3v) is 3.81. The van der Waals surface area contributed by atoms with Crippen molar-refractivity contribution in [3.8, 4) is 6.07 Å². The molecule has 0 spiro atoms. The van der Waals surface area contributed by atoms with E-state index < -0.39 is 11.4 Å². The molecule has 108 valence electrons. The lowest BCUT2D eigenvalue weighted by atomic mass is 9.89. The Bertz CT molecular complexity index is 681. The predicted octanol–water partition coefficient (Wildman–Crippen LogP) is 1.30. The summed E-state index contributed by atoms with van der Waals surface area (Å²) in [7, 11) is 0. The van der Waals surface area contributed by atoms with Crippen LogP contribution in [0.1, 0.15) is 24.1 Å². The zero-order valence-corrected chi connectivity index (χ0v) is 11.3. The van der Waals surface area contributed by atoms with Crippen molar-refractivity contribution < 1.29 is 9.50 Å². The van der Waals surface area contributed by atoms with Gasteiger partial charge < -0.3 is 10.0 Å². The minimum atomic E-state index is -1.15. The molecule has 1 fully saturated rings. The maximum absolute atomic E-state index is 13.7. The molecule has 1 aromatic carbocycles. The number of aromatic nitrogens is 3. The third kappa shape index (κ3) is 2.34. The Kier molecular flexibility index (Phi) is 3.31. The van der Waals surface area contributed by atoms with Gasteiger partial charge in [0.05, 0.1) is 18.4 Å². The second-order valence-electron chi connectivity index (χ2n) is 5.16. The Morgan fingerprint density at radius 3 is 3.05 bits per heavy atom. The molecule has 0 unspecified atom stereocenters. The second-order valence-corrected chi connectivity index (χ2v) is 5.16. The number of nitriles is 1. The van der Waals surface area contributed by atoms with Crippen LogP contribution >= 0.6 is 0 Å². The van der Waals surface area contributed by atoms with Gasteiger partial charge in [0.1, 0.15) is 28.7 Å². The van der Waals surface area contributed by atoms with E-state index in [0.29, 0.717) is 30.8 Å². The van der Waals surface area contributed by atoms with Gasteiger partial charge >= 0.3 is 0 Å². The standard InChI is InChI=1S/C14H14FN5O/c15-11-3-1-4-12(10(11)7-16)20-6-2-5-14(21,9-20)13-8-17-19-18-13/h1,3-4,8,21H,2,5-6,9H2,(H,17,18,19)/t14-/m0/s1. The number of nitrogens with zero attached hydrogens (tertiary/aromatic N) is 4. The van der Waals surface area contributed by atoms with Gasteiger partial charge in [0.15, 0.2) is 0 Å². The molecule has 3 rings (SSSR count). The van der Waals surface area contributed by atoms with E-state index in [1.807, 2.05) is 11.0 Å². The minimum Gasteiger partial charge on any atom is -0.382 e. The maximum Gasteiger partial charge on any atom is 0.143 e. The van der Waals surface area contributed by atoms with Gasteiger partial charge in [-0.15, -0.1) is 0 Å². The Labute approximate surface area is 120 Å². The molecule has 1 saturated heterocycles. The highest BCUT2D eigenvalue weighted by molar-refractivity contribution is 5.60. The summed E-state index contributed by atoms with van der Waals surface area (Å²) >= 11 is 0. The lowest BCUT2D eigenvalue weighted by molar-refractivity contribution is 0.0176. The molecule has 2 aromatic rings. The molecule has 7 heteroatoms. The zero-order valence-electron chi connectivity index (χ0n) is 11.3. The summed E-state index contributed by atoms with van der Waals surface area (Å²) in [4.78, 5) is 1.82. The van der Waals surface area contributed by atoms with E-state index in [1.54, 1.807) is 12.1 Å². The molecule has 6 nitrogen and oxygen atoms in total. The van der Waals surface area contributed by atoms with Crippen LogP contribution in [-0.4, -0.2) is 33.6 Å². The average molecular weight is 287 g/mol. The Hall–Kier alpha value is -2.46. The molecule has 0 aliphatic carbocycles. The van der Waals surface area contributed by atoms with Crippen LogP contribution < -0.4 is 4.90 Å². The molecule has 2 N–H and O–H groups in total. The first-order valence-corrected chi connectivity index (χ1v) is 6.66. The molecule has 0 bridgehead atoms. The van der Waals surface area contributed by atoms with Gasteiger partial charge in [-0.3, -0.25) is 0 Å². The van der Waals surface area contributed by atoms with Crippen LogP contribution in [-0.2, 0) is 5.60 Å². The van der Waals surface area contributed by atoms with E-state index in [4.69, 9.17) is 5.26 Å². The third-order valence-electron chi connectivity index (χ3n) is 3.81. The van der Waals surface area contributed by atoms with Gasteiger partial charge in [-0.1, -0.05) is 6.07 Å². The molecule has 1 aliphatic rings. The van der Waals surface area contributed by atoms with Crippen molar-refractivity contribution in [3.05, 3.63) is 41.5 Å². The first-order chi connectivity index (χ1) is 10.1. The summed E-state index contributed by atoms with van der Waals surface area (Å²) in [5, 5.41) is 30.0. The number of β-amino-alcohol motifs (C(OH)–C–C–N with tert-alkyl or cyclic N) is 1. The number of halogens is 1. The fraction of sp³-hybridized carbons (Fsp3) is 0.357. The first-order valence-electron chi connectivity index (χ1n) is 6.66. The van der Waals surface area contributed by atoms with Crippen LogP contribution in [0.4, 0.5) is 10.1 Å². The Balaban J connectivity index is 1.94. The molecule has 2 heterocycles. The number of hydrogen-bond donors (Lipinski definition) is 2. The molecule has 1 atom stereocenters. The first kappa shape index (κ1) is 13.5. The number of H-pyrrole nitrogens is 1. The molecule has 1 aliphatic heterocycles. The summed E-state index contributed by atoms with van der Waals surface area (Å²) in [5.41, 5.74) is -0.187. The highest BCUT2D eigenvalue weighted by atomic mass is 19.1. The zero-order chi connectivity index (χ0) is 14.9. The van der Waals surface area contributed by atoms with Crippen molar-refractivity contribution in [2.75, 3.05) is 18.0 Å². The normalized spacial score (nSPS) is 22.0. The van der Waals surface area contributed by atoms with Crippen molar-refractivity contribution in [3.63, 3.8) is 0 Å². The smallest absolute Gasteiger partial charge is 0.143 e. The van der Waals surface area contributed by atoms with Gasteiger partial charge in [-0.05, 0) is 25.0 Å². The maximum atomic E-state index is 13.7. The lowest BCUT2D eigenvalue weighted by Gasteiger charge is -2.39. The molecular formula is C14H14FN5O. The SMILES string of the molecule is N#Cc1c(F)cccc1N1CCC[C@@](O)(c2cn[nH]n2)C1. The van der Waals surface area contributed by atoms with E-state index in [2.05, 4.69) is 15.4 Å². The minimum absolute atomic E-state index is 0.00176. The lowest BCUT2D eigenvalue weighted by Crippen LogP contribution is -2.46. The summed E-state index contributed by atoms with van der Waals surface area (Å²) in [5.74, 6) is -0.550. The molecule has 1 aromatic heterocycles. The number of benzene rings is 1. The van der Waals surface area contributed by atoms with Crippen LogP contribution in [0.25, 0.3) is 0 Å². The molecule has 0 amide bonds. The van der Waals surface area contributed by atoms with E-state index in [-0.39, 0.29) is 12.1 Å². The summed E-state index contributed by atoms with van der Waals surface area (Å²) in [6.07, 6.45) is 2.75. The van der Waals surface area contributed by atoms with E-state index in [1.165, 1.54) is 12.3 Å². The number of rotatable bonds is 2. The summed E-state index contributed by atoms with van der Waals surface area (Å²) in [6, 6.07) is 6.41. The number of anilines is 1. The molecule has 0 radical (unpaired) electrons. The largest absolute Gasteiger partial charge is 0.382 e. The molecule has 0 saturated carbocycles. The number of nitrogens with one attached hydrogen (secondary N) is 1. The van der Waals surface area contributed by atoms with Crippen LogP contribution in [0.2, 0.25) is 0 Å². The highest BCUT2D eigenvalue weighted by Gasteiger charge is 2.38. The van der Waals surface area contributed by atoms with E-state index in [0.717, 1.165) is 0 Å². The van der Waals surface area contributed by atoms with E-state index >= 15 is 0 Å². The highest BCUT2D eigenvalue weighted by Crippen LogP contribution is 2.34. The average Bonchev–Trinajstić information content (AvgIpc) is 3.02. The van der Waals surface area contributed by atoms with Gasteiger partial charge in [0.2, 0.25) is 0 Å². The van der Waals surface area contributed by atoms with Gasteiger partial charge in [0.25, 0.3) is 0 Å². The summed E-state index contributed by atoms with van der Waals surface area (Å²) in [6.45, 7) is 0.899. The predicted molar refractivity (Wildman–Crippen MR) is 72.8 cm³/mol. The fourth-order valence-corrected chi connectivity index (χ4v) is 2.76. The van der Waals surface area contributed by atoms with Crippen LogP contribution in [0, 0.1) is 17.1 Å². The van der Waals surface area contributed by atoms with Crippen molar-refractivity contribution in [2.24, 2.45) is 0 Å². The van der Waals surface area contributed by atoms with Gasteiger partial charge in [0, 0.05) is 6.54 Å². The van der Waals surface area contributed by atoms with E-state index in [9.17, 15) is 9.50 Å². The molecular weight excluding hydrogens is 273 g/mol. The van der Waals surface area contributed by atoms with Crippen molar-refractivity contribution >= 4 is 5.69 Å². The molecule has 21 heavy (non-hydrogen) atoms. The second kappa shape index (κ2) is 5.14. The number of piperidine rings is 1. The van der Waals surface area contributed by atoms with Gasteiger partial charge in [-0.25, -0.2) is 4.39 Å². The van der Waals surface area contributed by atoms with Crippen molar-refractivity contribution in [2.45, 2.75) is 18.4 Å². The topological polar surface area (TPSA) is 88.8 Å². The number of aliphatic hydroxyl groups is 1. The number of aromatic amines is 1. The fourth-order valence-electron chi connectivity index (χ4n) is 2.76. The van der Waals surface area contributed by atoms with Crippen molar-refractivity contribution in [1.29, 1.82) is 5.26 Å². The van der Waals surface area contributed by atoms with Crippen LogP contribution in [0.3, 0.4) is 0 Å². The van der Waals surface area contributed by atoms with Crippen LogP contribution in [0.5, 0.6) is 0 Å².